The van der Waals surface area contributed by atoms with E-state index in [1.165, 1.54) is 17.1 Å². The summed E-state index contributed by atoms with van der Waals surface area (Å²) in [7, 11) is 0. The fourth-order valence-electron chi connectivity index (χ4n) is 4.29. The van der Waals surface area contributed by atoms with Crippen LogP contribution in [0.3, 0.4) is 0 Å². The van der Waals surface area contributed by atoms with Gasteiger partial charge in [-0.3, -0.25) is 19.2 Å². The number of aromatic nitrogens is 4. The van der Waals surface area contributed by atoms with Crippen LogP contribution in [0.25, 0.3) is 11.8 Å². The minimum absolute atomic E-state index is 0.220. The summed E-state index contributed by atoms with van der Waals surface area (Å²) in [4.78, 5) is 50.3. The van der Waals surface area contributed by atoms with Crippen molar-refractivity contribution in [1.82, 2.24) is 30.8 Å². The molecule has 3 aromatic carbocycles. The predicted molar refractivity (Wildman–Crippen MR) is 169 cm³/mol. The number of hydrogen-bond donors (Lipinski definition) is 3. The van der Waals surface area contributed by atoms with Gasteiger partial charge in [-0.05, 0) is 77.9 Å². The van der Waals surface area contributed by atoms with Crippen LogP contribution in [0.5, 0.6) is 0 Å². The minimum Gasteiger partial charge on any atom is -0.466 e. The number of hydrogen-bond acceptors (Lipinski definition) is 8. The molecule has 3 N–H and O–H groups in total. The predicted octanol–water partition coefficient (Wildman–Crippen LogP) is 3.77. The summed E-state index contributed by atoms with van der Waals surface area (Å²) < 4.78 is 6.32. The van der Waals surface area contributed by atoms with Crippen molar-refractivity contribution in [2.24, 2.45) is 0 Å². The first-order valence-electron chi connectivity index (χ1n) is 14.2. The molecule has 1 heterocycles. The zero-order chi connectivity index (χ0) is 32.0. The van der Waals surface area contributed by atoms with E-state index < -0.39 is 17.9 Å². The SMILES string of the molecule is CCOC(=O)CCCNC(=O)c1ccc(NC(=O)[C@H](Cc2ccccc2)NC(=O)C=Cc2cc(Cl)ccc2-n2cnnn2)cc1. The maximum atomic E-state index is 13.4. The van der Waals surface area contributed by atoms with Crippen molar-refractivity contribution >= 4 is 47.1 Å². The van der Waals surface area contributed by atoms with Crippen molar-refractivity contribution in [1.29, 1.82) is 0 Å². The average Bonchev–Trinajstić information content (AvgIpc) is 3.58. The van der Waals surface area contributed by atoms with Gasteiger partial charge in [-0.15, -0.1) is 5.10 Å². The Hall–Kier alpha value is -5.36. The zero-order valence-electron chi connectivity index (χ0n) is 24.5. The lowest BCUT2D eigenvalue weighted by Crippen LogP contribution is -2.44. The fraction of sp³-hybridized carbons (Fsp3) is 0.219. The van der Waals surface area contributed by atoms with Crippen molar-refractivity contribution in [2.45, 2.75) is 32.2 Å². The van der Waals surface area contributed by atoms with E-state index in [1.54, 1.807) is 55.5 Å². The molecule has 12 nitrogen and oxygen atoms in total. The summed E-state index contributed by atoms with van der Waals surface area (Å²) in [5.41, 5.74) is 2.91. The highest BCUT2D eigenvalue weighted by molar-refractivity contribution is 6.30. The van der Waals surface area contributed by atoms with Crippen LogP contribution >= 0.6 is 11.6 Å². The lowest BCUT2D eigenvalue weighted by atomic mass is 10.0. The Labute approximate surface area is 264 Å². The Balaban J connectivity index is 1.40. The van der Waals surface area contributed by atoms with Gasteiger partial charge in [0.05, 0.1) is 12.3 Å². The number of halogens is 1. The molecular formula is C32H32ClN7O5. The van der Waals surface area contributed by atoms with Crippen molar-refractivity contribution in [3.8, 4) is 5.69 Å². The second-order valence-electron chi connectivity index (χ2n) is 9.77. The molecule has 0 spiro atoms. The number of anilines is 1. The largest absolute Gasteiger partial charge is 0.466 e. The van der Waals surface area contributed by atoms with Gasteiger partial charge in [0.2, 0.25) is 11.8 Å². The minimum atomic E-state index is -0.912. The van der Waals surface area contributed by atoms with Crippen molar-refractivity contribution < 1.29 is 23.9 Å². The number of esters is 1. The molecule has 0 unspecified atom stereocenters. The van der Waals surface area contributed by atoms with Crippen molar-refractivity contribution in [2.75, 3.05) is 18.5 Å². The zero-order valence-corrected chi connectivity index (χ0v) is 25.2. The Morgan fingerprint density at radius 3 is 2.51 bits per heavy atom. The molecule has 0 aliphatic rings. The van der Waals surface area contributed by atoms with Crippen LogP contribution in [0, 0.1) is 0 Å². The molecule has 1 atom stereocenters. The first-order valence-corrected chi connectivity index (χ1v) is 14.6. The number of carbonyl (C=O) groups is 4. The van der Waals surface area contributed by atoms with Gasteiger partial charge < -0.3 is 20.7 Å². The fourth-order valence-corrected chi connectivity index (χ4v) is 4.47. The maximum Gasteiger partial charge on any atom is 0.305 e. The van der Waals surface area contributed by atoms with Gasteiger partial charge >= 0.3 is 5.97 Å². The summed E-state index contributed by atoms with van der Waals surface area (Å²) in [6.07, 6.45) is 5.22. The summed E-state index contributed by atoms with van der Waals surface area (Å²) in [6.45, 7) is 2.38. The van der Waals surface area contributed by atoms with Gasteiger partial charge in [-0.1, -0.05) is 41.9 Å². The summed E-state index contributed by atoms with van der Waals surface area (Å²) in [6, 6.07) is 19.8. The third-order valence-electron chi connectivity index (χ3n) is 6.48. The van der Waals surface area contributed by atoms with Gasteiger partial charge in [0.15, 0.2) is 0 Å². The van der Waals surface area contributed by atoms with E-state index in [9.17, 15) is 19.2 Å². The van der Waals surface area contributed by atoms with E-state index in [1.807, 2.05) is 30.3 Å². The number of nitrogens with zero attached hydrogens (tertiary/aromatic N) is 4. The van der Waals surface area contributed by atoms with Gasteiger partial charge in [0.1, 0.15) is 12.4 Å². The topological polar surface area (TPSA) is 157 Å². The molecule has 45 heavy (non-hydrogen) atoms. The Morgan fingerprint density at radius 1 is 1.02 bits per heavy atom. The van der Waals surface area contributed by atoms with Gasteiger partial charge in [0, 0.05) is 47.3 Å². The van der Waals surface area contributed by atoms with Gasteiger partial charge in [0.25, 0.3) is 5.91 Å². The monoisotopic (exact) mass is 629 g/mol. The van der Waals surface area contributed by atoms with Crippen LogP contribution in [-0.4, -0.2) is 63.1 Å². The molecule has 232 valence electrons. The third-order valence-corrected chi connectivity index (χ3v) is 6.71. The highest BCUT2D eigenvalue weighted by atomic mass is 35.5. The summed E-state index contributed by atoms with van der Waals surface area (Å²) in [5, 5.41) is 20.0. The van der Waals surface area contributed by atoms with Crippen LogP contribution < -0.4 is 16.0 Å². The second kappa shape index (κ2) is 16.5. The standard InChI is InChI=1S/C32H32ClN7O5/c1-2-45-30(42)9-6-18-34-31(43)23-10-14-26(15-11-23)36-32(44)27(19-22-7-4-3-5-8-22)37-29(41)17-12-24-20-25(33)13-16-28(24)40-21-35-38-39-40/h3-5,7-8,10-17,20-21,27H,2,6,9,18-19H2,1H3,(H,34,43)(H,36,44)(H,37,41)/t27-/m0/s1. The van der Waals surface area contributed by atoms with E-state index in [0.717, 1.165) is 5.56 Å². The van der Waals surface area contributed by atoms with Crippen LogP contribution in [-0.2, 0) is 25.5 Å². The molecular weight excluding hydrogens is 598 g/mol. The molecule has 0 aliphatic heterocycles. The number of rotatable bonds is 14. The highest BCUT2D eigenvalue weighted by Crippen LogP contribution is 2.20. The van der Waals surface area contributed by atoms with Crippen LogP contribution in [0.2, 0.25) is 5.02 Å². The van der Waals surface area contributed by atoms with Crippen molar-refractivity contribution in [3.63, 3.8) is 0 Å². The Kier molecular flexibility index (Phi) is 11.9. The van der Waals surface area contributed by atoms with Crippen LogP contribution in [0.4, 0.5) is 5.69 Å². The molecule has 0 fully saturated rings. The van der Waals surface area contributed by atoms with Crippen molar-refractivity contribution in [3.05, 3.63) is 107 Å². The number of tetrazole rings is 1. The van der Waals surface area contributed by atoms with Gasteiger partial charge in [-0.25, -0.2) is 0 Å². The molecule has 3 amide bonds. The third kappa shape index (κ3) is 10.1. The molecule has 0 radical (unpaired) electrons. The highest BCUT2D eigenvalue weighted by Gasteiger charge is 2.21. The lowest BCUT2D eigenvalue weighted by Gasteiger charge is -2.18. The number of benzene rings is 3. The molecule has 4 aromatic rings. The molecule has 13 heteroatoms. The molecule has 4 rings (SSSR count). The molecule has 0 saturated heterocycles. The first kappa shape index (κ1) is 32.6. The summed E-state index contributed by atoms with van der Waals surface area (Å²) in [5.74, 6) is -1.54. The number of amides is 3. The van der Waals surface area contributed by atoms with E-state index in [4.69, 9.17) is 16.3 Å². The first-order chi connectivity index (χ1) is 21.8. The number of ether oxygens (including phenoxy) is 1. The van der Waals surface area contributed by atoms with Crippen LogP contribution in [0.1, 0.15) is 41.3 Å². The van der Waals surface area contributed by atoms with E-state index >= 15 is 0 Å². The van der Waals surface area contributed by atoms with E-state index in [2.05, 4.69) is 31.5 Å². The van der Waals surface area contributed by atoms with E-state index in [0.29, 0.717) is 47.1 Å². The van der Waals surface area contributed by atoms with Gasteiger partial charge in [-0.2, -0.15) is 4.68 Å². The lowest BCUT2D eigenvalue weighted by molar-refractivity contribution is -0.143. The molecule has 1 aromatic heterocycles. The Morgan fingerprint density at radius 2 is 1.80 bits per heavy atom. The Bertz CT molecular complexity index is 1630. The number of nitrogens with one attached hydrogen (secondary N) is 3. The smallest absolute Gasteiger partial charge is 0.305 e. The molecule has 0 bridgehead atoms. The average molecular weight is 630 g/mol. The summed E-state index contributed by atoms with van der Waals surface area (Å²) >= 11 is 6.18. The maximum absolute atomic E-state index is 13.4. The number of carbonyl (C=O) groups excluding carboxylic acids is 4. The van der Waals surface area contributed by atoms with Crippen LogP contribution in [0.15, 0.2) is 85.2 Å². The molecule has 0 aliphatic carbocycles. The normalized spacial score (nSPS) is 11.5. The quantitative estimate of drug-likeness (QED) is 0.108. The van der Waals surface area contributed by atoms with E-state index in [-0.39, 0.29) is 24.7 Å². The second-order valence-corrected chi connectivity index (χ2v) is 10.2. The molecule has 0 saturated carbocycles.